The second-order valence-electron chi connectivity index (χ2n) is 30.3. The maximum absolute atomic E-state index is 14.7. The molecule has 2 aromatic rings. The summed E-state index contributed by atoms with van der Waals surface area (Å²) in [4.78, 5) is 167. The van der Waals surface area contributed by atoms with Gasteiger partial charge in [0.05, 0.1) is 61.5 Å². The van der Waals surface area contributed by atoms with Crippen LogP contribution in [0, 0.1) is 35.0 Å². The second kappa shape index (κ2) is 43.2. The summed E-state index contributed by atoms with van der Waals surface area (Å²) in [6.45, 7) is 19.4. The number of aliphatic carboxylic acids is 1. The number of alkyl carbamates (subject to hydrolysis) is 1. The van der Waals surface area contributed by atoms with Crippen molar-refractivity contribution in [1.82, 2.24) is 51.5 Å². The average Bonchev–Trinajstić information content (AvgIpc) is 1.75. The van der Waals surface area contributed by atoms with E-state index in [1.54, 1.807) is 81.1 Å². The molecule has 107 heavy (non-hydrogen) atoms. The number of nitrogens with zero attached hydrogens (tertiary/aromatic N) is 4. The number of carboxylic acids is 1. The summed E-state index contributed by atoms with van der Waals surface area (Å²) in [5, 5.41) is 28.7. The monoisotopic (exact) mass is 1520 g/mol. The number of anilines is 1. The molecule has 0 spiro atoms. The van der Waals surface area contributed by atoms with E-state index in [1.807, 2.05) is 79.6 Å². The van der Waals surface area contributed by atoms with Crippen molar-refractivity contribution in [3.63, 3.8) is 0 Å². The highest BCUT2D eigenvalue weighted by molar-refractivity contribution is 8.00. The molecule has 2 unspecified atom stereocenters. The van der Waals surface area contributed by atoms with Gasteiger partial charge in [0, 0.05) is 83.7 Å². The lowest BCUT2D eigenvalue weighted by Gasteiger charge is -2.41. The van der Waals surface area contributed by atoms with E-state index in [9.17, 15) is 62.6 Å². The van der Waals surface area contributed by atoms with E-state index < -0.39 is 113 Å². The van der Waals surface area contributed by atoms with Crippen molar-refractivity contribution in [2.24, 2.45) is 40.7 Å². The fourth-order valence-electron chi connectivity index (χ4n) is 14.3. The fourth-order valence-corrected chi connectivity index (χ4v) is 15.8. The van der Waals surface area contributed by atoms with Crippen molar-refractivity contribution in [3.05, 3.63) is 59.7 Å². The number of benzene rings is 2. The molecular formula is C77H122N12O17S. The lowest BCUT2D eigenvalue weighted by Crippen LogP contribution is -2.59. The Morgan fingerprint density at radius 1 is 0.748 bits per heavy atom. The molecule has 10 N–H and O–H groups in total. The summed E-state index contributed by atoms with van der Waals surface area (Å²) in [5.41, 5.74) is 6.67. The molecule has 3 fully saturated rings. The van der Waals surface area contributed by atoms with E-state index in [0.717, 1.165) is 18.4 Å². The van der Waals surface area contributed by atoms with Gasteiger partial charge in [0.15, 0.2) is 0 Å². The van der Waals surface area contributed by atoms with Crippen LogP contribution in [0.1, 0.15) is 176 Å². The Labute approximate surface area is 636 Å². The third-order valence-electron chi connectivity index (χ3n) is 21.0. The number of thioether (sulfide) groups is 1. The molecule has 12 amide bonds. The number of hydrogen-bond donors (Lipinski definition) is 9. The summed E-state index contributed by atoms with van der Waals surface area (Å²) in [7, 11) is 9.98. The largest absolute Gasteiger partial charge is 0.497 e. The Morgan fingerprint density at radius 2 is 1.41 bits per heavy atom. The zero-order valence-electron chi connectivity index (χ0n) is 65.8. The summed E-state index contributed by atoms with van der Waals surface area (Å²) < 4.78 is 23.3. The third-order valence-corrected chi connectivity index (χ3v) is 22.5. The van der Waals surface area contributed by atoms with Crippen LogP contribution in [-0.2, 0) is 68.8 Å². The number of ether oxygens (including phenoxy) is 4. The van der Waals surface area contributed by atoms with Crippen LogP contribution in [0.2, 0.25) is 0 Å². The smallest absolute Gasteiger partial charge is 0.407 e. The van der Waals surface area contributed by atoms with Gasteiger partial charge in [0.1, 0.15) is 30.5 Å². The molecule has 5 rings (SSSR count). The predicted octanol–water partition coefficient (Wildman–Crippen LogP) is 6.55. The number of primary amides is 1. The first kappa shape index (κ1) is 89.5. The Hall–Kier alpha value is -8.09. The molecule has 1 saturated carbocycles. The van der Waals surface area contributed by atoms with Crippen LogP contribution < -0.4 is 47.7 Å². The Morgan fingerprint density at radius 3 is 1.98 bits per heavy atom. The molecule has 0 bridgehead atoms. The molecule has 2 heterocycles. The van der Waals surface area contributed by atoms with E-state index in [2.05, 4.69) is 37.2 Å². The molecule has 2 aromatic carbocycles. The number of carbonyl (C=O) groups is 12. The van der Waals surface area contributed by atoms with Gasteiger partial charge in [-0.2, -0.15) is 0 Å². The van der Waals surface area contributed by atoms with Crippen LogP contribution >= 0.6 is 11.8 Å². The minimum absolute atomic E-state index is 0.00723. The van der Waals surface area contributed by atoms with Crippen molar-refractivity contribution in [2.45, 2.75) is 231 Å². The fraction of sp³-hybridized carbons (Fsp3) is 0.688. The number of likely N-dealkylation sites (N-methyl/N-ethyl adjacent to an activating group) is 2. The number of nitrogens with two attached hydrogens (primary N) is 1. The van der Waals surface area contributed by atoms with E-state index in [0.29, 0.717) is 67.8 Å². The number of amides is 12. The summed E-state index contributed by atoms with van der Waals surface area (Å²) in [5.74, 6) is -4.97. The van der Waals surface area contributed by atoms with E-state index in [4.69, 9.17) is 24.7 Å². The van der Waals surface area contributed by atoms with E-state index >= 15 is 0 Å². The van der Waals surface area contributed by atoms with E-state index in [-0.39, 0.29) is 123 Å². The minimum Gasteiger partial charge on any atom is -0.497 e. The number of hydrogen-bond acceptors (Lipinski definition) is 18. The van der Waals surface area contributed by atoms with Gasteiger partial charge in [0.2, 0.25) is 53.2 Å². The van der Waals surface area contributed by atoms with Gasteiger partial charge < -0.3 is 76.8 Å². The van der Waals surface area contributed by atoms with Crippen LogP contribution in [0.15, 0.2) is 48.5 Å². The van der Waals surface area contributed by atoms with Crippen molar-refractivity contribution in [2.75, 3.05) is 79.7 Å². The zero-order chi connectivity index (χ0) is 79.6. The first-order chi connectivity index (χ1) is 50.6. The van der Waals surface area contributed by atoms with Gasteiger partial charge in [0.25, 0.3) is 0 Å². The number of carboxylic acid groups (broad SMARTS) is 1. The van der Waals surface area contributed by atoms with Crippen LogP contribution in [-0.4, -0.2) is 230 Å². The topological polar surface area (TPSA) is 385 Å². The maximum Gasteiger partial charge on any atom is 0.407 e. The first-order valence-electron chi connectivity index (χ1n) is 37.7. The van der Waals surface area contributed by atoms with Crippen LogP contribution in [0.4, 0.5) is 15.3 Å². The van der Waals surface area contributed by atoms with Gasteiger partial charge in [-0.15, -0.1) is 11.8 Å². The van der Waals surface area contributed by atoms with Gasteiger partial charge in [-0.3, -0.25) is 57.7 Å². The predicted molar refractivity (Wildman–Crippen MR) is 407 cm³/mol. The normalized spacial score (nSPS) is 18.6. The van der Waals surface area contributed by atoms with Crippen molar-refractivity contribution < 1.29 is 81.6 Å². The van der Waals surface area contributed by atoms with Crippen LogP contribution in [0.3, 0.4) is 0 Å². The molecule has 0 radical (unpaired) electrons. The molecular weight excluding hydrogens is 1400 g/mol. The molecule has 30 heteroatoms. The Bertz CT molecular complexity index is 3290. The number of likely N-dealkylation sites (tertiary alicyclic amines) is 2. The number of urea groups is 1. The van der Waals surface area contributed by atoms with Crippen LogP contribution in [0.5, 0.6) is 5.75 Å². The summed E-state index contributed by atoms with van der Waals surface area (Å²) in [6, 6.07) is 7.98. The zero-order valence-corrected chi connectivity index (χ0v) is 66.6. The molecule has 13 atom stereocenters. The molecule has 598 valence electrons. The number of methoxy groups -OCH3 is 3. The number of imide groups is 1. The van der Waals surface area contributed by atoms with Gasteiger partial charge in [-0.25, -0.2) is 9.59 Å². The minimum atomic E-state index is -1.12. The highest BCUT2D eigenvalue weighted by Gasteiger charge is 2.48. The summed E-state index contributed by atoms with van der Waals surface area (Å²) in [6.07, 6.45) is 3.15. The van der Waals surface area contributed by atoms with Gasteiger partial charge in [-0.1, -0.05) is 99.4 Å². The number of nitrogens with one attached hydrogen (secondary N) is 7. The van der Waals surface area contributed by atoms with Gasteiger partial charge in [-0.05, 0) is 137 Å². The average molecular weight is 1520 g/mol. The number of rotatable bonds is 46. The quantitative estimate of drug-likeness (QED) is 0.0251. The lowest BCUT2D eigenvalue weighted by molar-refractivity contribution is -0.148. The highest BCUT2D eigenvalue weighted by Crippen LogP contribution is 2.52. The van der Waals surface area contributed by atoms with E-state index in [1.165, 1.54) is 30.9 Å². The number of carbonyl (C=O) groups excluding carboxylic acids is 11. The molecule has 3 aliphatic rings. The summed E-state index contributed by atoms with van der Waals surface area (Å²) >= 11 is 1.35. The molecule has 0 aromatic heterocycles. The first-order valence-corrected chi connectivity index (χ1v) is 38.8. The Kier molecular flexibility index (Phi) is 36.1. The van der Waals surface area contributed by atoms with Crippen LogP contribution in [0.25, 0.3) is 0 Å². The van der Waals surface area contributed by atoms with Crippen molar-refractivity contribution in [3.8, 4) is 5.75 Å². The maximum atomic E-state index is 14.7. The SMILES string of the molecule is CC[C@H](C)[C@@H]([C@@H](CC(=O)N1CCC[C@H]1[C@H](OC)[C@@H](C)C(=O)N[C@H](C)C(CNC(=O)OCc1ccc(NC(=O)[C@H](CCCNC(N)=O)NC(=O)[C@@H](NC(=O)CCCCCN2C(=O)CC(SCC3(CC(=O)O)CC3)C2=O)C(C)C)cc1)c1ccc(OC)cc1)OC)N(C)C(=O)[C@@H](NC(=O)[C@H](C(C)C)N(C)C)C(C)C. The lowest BCUT2D eigenvalue weighted by atomic mass is 9.89. The molecule has 29 nitrogen and oxygen atoms in total. The molecule has 2 saturated heterocycles. The highest BCUT2D eigenvalue weighted by atomic mass is 32.2. The van der Waals surface area contributed by atoms with Crippen molar-refractivity contribution >= 4 is 88.7 Å². The van der Waals surface area contributed by atoms with Crippen molar-refractivity contribution in [1.29, 1.82) is 0 Å². The molecule has 2 aliphatic heterocycles. The molecule has 1 aliphatic carbocycles. The standard InChI is InChI=1S/C77H122N12O17S/c1-17-48(8)67(87(13)74(100)65(46(4)5)85-72(98)66(47(6)7)86(11)12)58(104-15)39-61(91)88-38-22-24-57(88)68(105-16)49(9)69(95)81-50(10)55(52-28-32-54(103-14)33-29-52)42-80-76(102)106-43-51-26-30-53(31-27-51)82-70(96)56(23-21-36-79-75(78)101)83-71(97)64(45(2)3)84-60(90)25-19-18-20-37-89-62(92)40-59(73(89)99)107-44-77(34-35-77)41-63(93)94/h26-33,45-50,55-59,64-68H,17-25,34-44H2,1-16H3,(H,80,102)(H,81,95)(H,82,96)(H,83,97)(H,84,90)(H,85,98)(H,93,94)(H3,78,79,101)/t48-,49+,50+,55?,56-,57-,58+,59?,64-,65-,66-,67-,68+/m0/s1. The third kappa shape index (κ3) is 26.9. The van der Waals surface area contributed by atoms with Gasteiger partial charge >= 0.3 is 18.1 Å². The number of unbranched alkanes of at least 4 members (excludes halogenated alkanes) is 2. The second-order valence-corrected chi connectivity index (χ2v) is 31.5. The Balaban J connectivity index is 1.16.